The summed E-state index contributed by atoms with van der Waals surface area (Å²) in [6.07, 6.45) is -0.763. The average molecular weight is 294 g/mol. The molecule has 0 aliphatic carbocycles. The fraction of sp³-hybridized carbons (Fsp3) is 0.214. The normalized spacial score (nSPS) is 11.9. The van der Waals surface area contributed by atoms with Crippen molar-refractivity contribution in [2.45, 2.75) is 13.0 Å². The van der Waals surface area contributed by atoms with E-state index in [4.69, 9.17) is 0 Å². The van der Waals surface area contributed by atoms with Crippen molar-refractivity contribution in [1.29, 1.82) is 0 Å². The van der Waals surface area contributed by atoms with Crippen molar-refractivity contribution >= 4 is 23.1 Å². The lowest BCUT2D eigenvalue weighted by molar-refractivity contribution is 0.178. The Morgan fingerprint density at radius 3 is 2.80 bits per heavy atom. The first-order chi connectivity index (χ1) is 9.58. The van der Waals surface area contributed by atoms with E-state index in [0.717, 1.165) is 10.4 Å². The van der Waals surface area contributed by atoms with Crippen LogP contribution < -0.4 is 10.6 Å². The largest absolute Gasteiger partial charge is 0.386 e. The summed E-state index contributed by atoms with van der Waals surface area (Å²) in [5.74, 6) is -0.503. The van der Waals surface area contributed by atoms with E-state index >= 15 is 0 Å². The summed E-state index contributed by atoms with van der Waals surface area (Å²) in [4.78, 5) is 12.4. The third-order valence-corrected chi connectivity index (χ3v) is 3.90. The van der Waals surface area contributed by atoms with Gasteiger partial charge in [0, 0.05) is 4.88 Å². The Balaban J connectivity index is 1.87. The topological polar surface area (TPSA) is 61.4 Å². The van der Waals surface area contributed by atoms with E-state index in [1.54, 1.807) is 12.1 Å². The third-order valence-electron chi connectivity index (χ3n) is 2.78. The quantitative estimate of drug-likeness (QED) is 0.811. The van der Waals surface area contributed by atoms with Crippen LogP contribution in [0.5, 0.6) is 0 Å². The van der Waals surface area contributed by atoms with Gasteiger partial charge in [0.05, 0.1) is 12.2 Å². The molecule has 0 bridgehead atoms. The standard InChI is InChI=1S/C14H15FN2O2S/c1-9-6-7-20-13(9)12(18)8-16-14(19)17-11-5-3-2-4-10(11)15/h2-7,12,18H,8H2,1H3,(H2,16,17,19)/t12-/m0/s1. The van der Waals surface area contributed by atoms with Gasteiger partial charge in [0.1, 0.15) is 11.9 Å². The summed E-state index contributed by atoms with van der Waals surface area (Å²) < 4.78 is 13.3. The maximum atomic E-state index is 13.3. The number of halogens is 1. The molecule has 1 aromatic carbocycles. The number of thiophene rings is 1. The Morgan fingerprint density at radius 1 is 1.40 bits per heavy atom. The number of urea groups is 1. The molecule has 0 saturated carbocycles. The van der Waals surface area contributed by atoms with E-state index in [1.165, 1.54) is 23.5 Å². The molecule has 0 spiro atoms. The number of amides is 2. The summed E-state index contributed by atoms with van der Waals surface area (Å²) in [5.41, 5.74) is 1.09. The summed E-state index contributed by atoms with van der Waals surface area (Å²) in [6, 6.07) is 7.25. The lowest BCUT2D eigenvalue weighted by atomic mass is 10.2. The molecule has 1 aromatic heterocycles. The predicted octanol–water partition coefficient (Wildman–Crippen LogP) is 3.05. The van der Waals surface area contributed by atoms with Crippen LogP contribution in [-0.4, -0.2) is 17.7 Å². The number of carbonyl (C=O) groups excluding carboxylic acids is 1. The van der Waals surface area contributed by atoms with Crippen LogP contribution in [0.15, 0.2) is 35.7 Å². The second-order valence-electron chi connectivity index (χ2n) is 4.30. The summed E-state index contributed by atoms with van der Waals surface area (Å²) >= 11 is 1.43. The number of aliphatic hydroxyl groups excluding tert-OH is 1. The first kappa shape index (κ1) is 14.5. The SMILES string of the molecule is Cc1ccsc1[C@@H](O)CNC(=O)Nc1ccccc1F. The van der Waals surface area contributed by atoms with Crippen LogP contribution in [0, 0.1) is 12.7 Å². The number of aryl methyl sites for hydroxylation is 1. The lowest BCUT2D eigenvalue weighted by Gasteiger charge is -2.12. The highest BCUT2D eigenvalue weighted by Crippen LogP contribution is 2.23. The van der Waals surface area contributed by atoms with Crippen LogP contribution in [0.3, 0.4) is 0 Å². The fourth-order valence-corrected chi connectivity index (χ4v) is 2.65. The number of hydrogen-bond acceptors (Lipinski definition) is 3. The van der Waals surface area contributed by atoms with Gasteiger partial charge >= 0.3 is 6.03 Å². The number of benzene rings is 1. The van der Waals surface area contributed by atoms with Gasteiger partial charge in [-0.15, -0.1) is 11.3 Å². The summed E-state index contributed by atoms with van der Waals surface area (Å²) in [5, 5.41) is 16.7. The van der Waals surface area contributed by atoms with Gasteiger partial charge in [0.25, 0.3) is 0 Å². The molecule has 0 saturated heterocycles. The smallest absolute Gasteiger partial charge is 0.319 e. The molecule has 4 nitrogen and oxygen atoms in total. The van der Waals surface area contributed by atoms with Crippen molar-refractivity contribution in [3.8, 4) is 0 Å². The van der Waals surface area contributed by atoms with Gasteiger partial charge < -0.3 is 15.7 Å². The Hall–Kier alpha value is -1.92. The van der Waals surface area contributed by atoms with Crippen molar-refractivity contribution in [3.05, 3.63) is 52.0 Å². The number of nitrogens with one attached hydrogen (secondary N) is 2. The monoisotopic (exact) mass is 294 g/mol. The van der Waals surface area contributed by atoms with Crippen LogP contribution in [0.25, 0.3) is 0 Å². The molecule has 0 aliphatic rings. The fourth-order valence-electron chi connectivity index (χ4n) is 1.74. The van der Waals surface area contributed by atoms with Crippen LogP contribution in [-0.2, 0) is 0 Å². The highest BCUT2D eigenvalue weighted by atomic mass is 32.1. The third kappa shape index (κ3) is 3.55. The van der Waals surface area contributed by atoms with Gasteiger partial charge in [0.15, 0.2) is 0 Å². The lowest BCUT2D eigenvalue weighted by Crippen LogP contribution is -2.32. The Morgan fingerprint density at radius 2 is 2.15 bits per heavy atom. The van der Waals surface area contributed by atoms with E-state index in [9.17, 15) is 14.3 Å². The summed E-state index contributed by atoms with van der Waals surface area (Å²) in [6.45, 7) is 1.97. The van der Waals surface area contributed by atoms with Crippen molar-refractivity contribution in [3.63, 3.8) is 0 Å². The van der Waals surface area contributed by atoms with E-state index < -0.39 is 18.0 Å². The molecule has 1 heterocycles. The Bertz CT molecular complexity index is 600. The van der Waals surface area contributed by atoms with Crippen molar-refractivity contribution < 1.29 is 14.3 Å². The Kier molecular flexibility index (Phi) is 4.70. The first-order valence-corrected chi connectivity index (χ1v) is 6.97. The molecule has 6 heteroatoms. The van der Waals surface area contributed by atoms with Crippen molar-refractivity contribution in [1.82, 2.24) is 5.32 Å². The number of aliphatic hydroxyl groups is 1. The molecular formula is C14H15FN2O2S. The zero-order valence-electron chi connectivity index (χ0n) is 10.9. The van der Waals surface area contributed by atoms with E-state index in [2.05, 4.69) is 10.6 Å². The molecule has 0 radical (unpaired) electrons. The molecule has 0 aliphatic heterocycles. The zero-order valence-corrected chi connectivity index (χ0v) is 11.7. The minimum absolute atomic E-state index is 0.0711. The molecule has 20 heavy (non-hydrogen) atoms. The molecular weight excluding hydrogens is 279 g/mol. The van der Waals surface area contributed by atoms with Gasteiger partial charge in [-0.3, -0.25) is 0 Å². The molecule has 1 atom stereocenters. The Labute approximate surface area is 120 Å². The number of rotatable bonds is 4. The van der Waals surface area contributed by atoms with Gasteiger partial charge in [0.2, 0.25) is 0 Å². The minimum atomic E-state index is -0.763. The van der Waals surface area contributed by atoms with Gasteiger partial charge in [-0.2, -0.15) is 0 Å². The number of hydrogen-bond donors (Lipinski definition) is 3. The van der Waals surface area contributed by atoms with Crippen LogP contribution in [0.2, 0.25) is 0 Å². The van der Waals surface area contributed by atoms with E-state index in [1.807, 2.05) is 18.4 Å². The van der Waals surface area contributed by atoms with Crippen molar-refractivity contribution in [2.75, 3.05) is 11.9 Å². The molecule has 2 amide bonds. The number of para-hydroxylation sites is 1. The maximum absolute atomic E-state index is 13.3. The molecule has 106 valence electrons. The molecule has 3 N–H and O–H groups in total. The molecule has 0 fully saturated rings. The number of anilines is 1. The van der Waals surface area contributed by atoms with Gasteiger partial charge in [-0.25, -0.2) is 9.18 Å². The highest BCUT2D eigenvalue weighted by Gasteiger charge is 2.13. The average Bonchev–Trinajstić information content (AvgIpc) is 2.85. The van der Waals surface area contributed by atoms with Crippen molar-refractivity contribution in [2.24, 2.45) is 0 Å². The predicted molar refractivity (Wildman–Crippen MR) is 77.4 cm³/mol. The maximum Gasteiger partial charge on any atom is 0.319 e. The molecule has 2 rings (SSSR count). The van der Waals surface area contributed by atoms with E-state index in [-0.39, 0.29) is 12.2 Å². The van der Waals surface area contributed by atoms with Crippen LogP contribution in [0.4, 0.5) is 14.9 Å². The minimum Gasteiger partial charge on any atom is -0.386 e. The van der Waals surface area contributed by atoms with Gasteiger partial charge in [-0.05, 0) is 36.1 Å². The number of carbonyl (C=O) groups is 1. The van der Waals surface area contributed by atoms with Gasteiger partial charge in [-0.1, -0.05) is 12.1 Å². The second kappa shape index (κ2) is 6.49. The first-order valence-electron chi connectivity index (χ1n) is 6.09. The molecule has 2 aromatic rings. The highest BCUT2D eigenvalue weighted by molar-refractivity contribution is 7.10. The van der Waals surface area contributed by atoms with Crippen LogP contribution in [0.1, 0.15) is 16.5 Å². The second-order valence-corrected chi connectivity index (χ2v) is 5.25. The zero-order chi connectivity index (χ0) is 14.5. The molecule has 0 unspecified atom stereocenters. The van der Waals surface area contributed by atoms with E-state index in [0.29, 0.717) is 0 Å². The van der Waals surface area contributed by atoms with Crippen LogP contribution >= 0.6 is 11.3 Å². The summed E-state index contributed by atoms with van der Waals surface area (Å²) in [7, 11) is 0.